The van der Waals surface area contributed by atoms with Gasteiger partial charge in [0.1, 0.15) is 11.5 Å². The number of hydrogen-bond donors (Lipinski definition) is 3. The lowest BCUT2D eigenvalue weighted by molar-refractivity contribution is 0.102. The molecule has 3 N–H and O–H groups in total. The molecule has 10 nitrogen and oxygen atoms in total. The number of benzene rings is 4. The van der Waals surface area contributed by atoms with Crippen molar-refractivity contribution in [1.82, 2.24) is 0 Å². The fourth-order valence-electron chi connectivity index (χ4n) is 3.59. The lowest BCUT2D eigenvalue weighted by atomic mass is 10.2. The van der Waals surface area contributed by atoms with Gasteiger partial charge in [-0.1, -0.05) is 29.8 Å². The van der Waals surface area contributed by atoms with Gasteiger partial charge in [0.15, 0.2) is 0 Å². The SMILES string of the molecule is COc1ccc(OC)c(NS(=O)(=O)c2ccc(NC(=O)c3cc(NS(=O)(=O)c4ccccc4)ccc3Cl)cc2)c1. The van der Waals surface area contributed by atoms with E-state index < -0.39 is 26.0 Å². The van der Waals surface area contributed by atoms with E-state index in [1.54, 1.807) is 30.3 Å². The molecule has 0 atom stereocenters. The maximum atomic E-state index is 13.0. The summed E-state index contributed by atoms with van der Waals surface area (Å²) < 4.78 is 66.5. The molecular weight excluding hydrogens is 578 g/mol. The second kappa shape index (κ2) is 11.9. The van der Waals surface area contributed by atoms with E-state index in [1.807, 2.05) is 0 Å². The Morgan fingerprint density at radius 1 is 0.700 bits per heavy atom. The number of rotatable bonds is 10. The zero-order valence-corrected chi connectivity index (χ0v) is 23.6. The van der Waals surface area contributed by atoms with Crippen molar-refractivity contribution >= 4 is 54.6 Å². The average molecular weight is 602 g/mol. The van der Waals surface area contributed by atoms with Crippen molar-refractivity contribution in [2.75, 3.05) is 29.0 Å². The Hall–Kier alpha value is -4.26. The predicted octanol–water partition coefficient (Wildman–Crippen LogP) is 5.21. The third-order valence-corrected chi connectivity index (χ3v) is 8.70. The van der Waals surface area contributed by atoms with Gasteiger partial charge in [0.05, 0.1) is 40.3 Å². The molecule has 4 aromatic rings. The summed E-state index contributed by atoms with van der Waals surface area (Å²) in [5.74, 6) is 0.117. The molecule has 0 heterocycles. The van der Waals surface area contributed by atoms with Crippen LogP contribution in [0.1, 0.15) is 10.4 Å². The van der Waals surface area contributed by atoms with Crippen LogP contribution in [0.15, 0.2) is 101 Å². The first kappa shape index (κ1) is 28.7. The van der Waals surface area contributed by atoms with E-state index in [1.165, 1.54) is 74.9 Å². The third kappa shape index (κ3) is 6.65. The zero-order chi connectivity index (χ0) is 28.9. The molecule has 0 aliphatic heterocycles. The van der Waals surface area contributed by atoms with Gasteiger partial charge in [-0.25, -0.2) is 16.8 Å². The van der Waals surface area contributed by atoms with E-state index in [9.17, 15) is 21.6 Å². The van der Waals surface area contributed by atoms with E-state index in [0.29, 0.717) is 11.5 Å². The van der Waals surface area contributed by atoms with Crippen LogP contribution in [0, 0.1) is 0 Å². The molecule has 1 amide bonds. The molecule has 40 heavy (non-hydrogen) atoms. The Balaban J connectivity index is 1.49. The average Bonchev–Trinajstić information content (AvgIpc) is 2.94. The van der Waals surface area contributed by atoms with Crippen LogP contribution in [-0.2, 0) is 20.0 Å². The molecule has 0 aromatic heterocycles. The van der Waals surface area contributed by atoms with E-state index >= 15 is 0 Å². The second-order valence-corrected chi connectivity index (χ2v) is 12.0. The molecule has 0 saturated carbocycles. The van der Waals surface area contributed by atoms with E-state index in [4.69, 9.17) is 21.1 Å². The maximum Gasteiger partial charge on any atom is 0.262 e. The second-order valence-electron chi connectivity index (χ2n) is 8.26. The van der Waals surface area contributed by atoms with E-state index in [0.717, 1.165) is 0 Å². The van der Waals surface area contributed by atoms with Crippen LogP contribution < -0.4 is 24.2 Å². The van der Waals surface area contributed by atoms with Crippen LogP contribution in [0.4, 0.5) is 17.1 Å². The number of amides is 1. The van der Waals surface area contributed by atoms with Gasteiger partial charge in [0.2, 0.25) is 0 Å². The molecule has 4 rings (SSSR count). The number of carbonyl (C=O) groups is 1. The molecule has 13 heteroatoms. The minimum atomic E-state index is -4.01. The molecule has 0 aliphatic carbocycles. The van der Waals surface area contributed by atoms with Crippen molar-refractivity contribution in [3.8, 4) is 11.5 Å². The van der Waals surface area contributed by atoms with Gasteiger partial charge >= 0.3 is 0 Å². The summed E-state index contributed by atoms with van der Waals surface area (Å²) in [6.45, 7) is 0. The lowest BCUT2D eigenvalue weighted by Gasteiger charge is -2.14. The van der Waals surface area contributed by atoms with Gasteiger partial charge in [0.25, 0.3) is 26.0 Å². The van der Waals surface area contributed by atoms with Crippen LogP contribution >= 0.6 is 11.6 Å². The summed E-state index contributed by atoms with van der Waals surface area (Å²) in [5.41, 5.74) is 0.628. The first-order valence-electron chi connectivity index (χ1n) is 11.6. The van der Waals surface area contributed by atoms with Crippen molar-refractivity contribution in [3.63, 3.8) is 0 Å². The molecule has 0 aliphatic rings. The summed E-state index contributed by atoms with van der Waals surface area (Å²) in [5, 5.41) is 2.72. The highest BCUT2D eigenvalue weighted by molar-refractivity contribution is 7.93. The summed E-state index contributed by atoms with van der Waals surface area (Å²) in [7, 11) is -5.01. The first-order chi connectivity index (χ1) is 19.0. The number of methoxy groups -OCH3 is 2. The number of carbonyl (C=O) groups excluding carboxylic acids is 1. The minimum absolute atomic E-state index is 0.0124. The number of ether oxygens (including phenoxy) is 2. The maximum absolute atomic E-state index is 13.0. The molecule has 0 unspecified atom stereocenters. The van der Waals surface area contributed by atoms with Crippen LogP contribution in [0.5, 0.6) is 11.5 Å². The summed E-state index contributed by atoms with van der Waals surface area (Å²) in [6.07, 6.45) is 0. The Morgan fingerprint density at radius 2 is 1.32 bits per heavy atom. The Bertz CT molecular complexity index is 1750. The Kier molecular flexibility index (Phi) is 8.52. The third-order valence-electron chi connectivity index (χ3n) is 5.59. The molecule has 0 saturated heterocycles. The summed E-state index contributed by atoms with van der Waals surface area (Å²) >= 11 is 6.21. The molecule has 0 fully saturated rings. The van der Waals surface area contributed by atoms with Crippen LogP contribution in [0.25, 0.3) is 0 Å². The molecular formula is C27H24ClN3O7S2. The van der Waals surface area contributed by atoms with Crippen molar-refractivity contribution in [2.45, 2.75) is 9.79 Å². The van der Waals surface area contributed by atoms with Crippen molar-refractivity contribution in [2.24, 2.45) is 0 Å². The van der Waals surface area contributed by atoms with Gasteiger partial charge in [-0.2, -0.15) is 0 Å². The molecule has 0 radical (unpaired) electrons. The van der Waals surface area contributed by atoms with Crippen molar-refractivity contribution in [3.05, 3.63) is 102 Å². The van der Waals surface area contributed by atoms with Crippen molar-refractivity contribution in [1.29, 1.82) is 0 Å². The molecule has 208 valence electrons. The van der Waals surface area contributed by atoms with Gasteiger partial charge in [-0.3, -0.25) is 14.2 Å². The van der Waals surface area contributed by atoms with Gasteiger partial charge in [-0.05, 0) is 66.7 Å². The normalized spacial score (nSPS) is 11.4. The highest BCUT2D eigenvalue weighted by Gasteiger charge is 2.19. The topological polar surface area (TPSA) is 140 Å². The smallest absolute Gasteiger partial charge is 0.262 e. The standard InChI is InChI=1S/C27H24ClN3O7S2/c1-37-20-11-15-26(38-2)25(17-20)31-40(35,36)22-12-8-18(9-13-22)29-27(32)23-16-19(10-14-24(23)28)30-39(33,34)21-6-4-3-5-7-21/h3-17,30-31H,1-2H3,(H,29,32). The monoisotopic (exact) mass is 601 g/mol. The number of sulfonamides is 2. The van der Waals surface area contributed by atoms with E-state index in [2.05, 4.69) is 14.8 Å². The molecule has 4 aromatic carbocycles. The minimum Gasteiger partial charge on any atom is -0.497 e. The number of anilines is 3. The number of nitrogens with one attached hydrogen (secondary N) is 3. The van der Waals surface area contributed by atoms with Crippen LogP contribution in [0.2, 0.25) is 5.02 Å². The molecule has 0 spiro atoms. The van der Waals surface area contributed by atoms with Crippen LogP contribution in [-0.4, -0.2) is 37.0 Å². The van der Waals surface area contributed by atoms with Crippen molar-refractivity contribution < 1.29 is 31.1 Å². The predicted molar refractivity (Wildman–Crippen MR) is 153 cm³/mol. The quantitative estimate of drug-likeness (QED) is 0.227. The zero-order valence-electron chi connectivity index (χ0n) is 21.2. The van der Waals surface area contributed by atoms with Crippen LogP contribution in [0.3, 0.4) is 0 Å². The van der Waals surface area contributed by atoms with E-state index in [-0.39, 0.29) is 37.4 Å². The van der Waals surface area contributed by atoms with Gasteiger partial charge in [-0.15, -0.1) is 0 Å². The van der Waals surface area contributed by atoms with Gasteiger partial charge in [0, 0.05) is 17.4 Å². The fraction of sp³-hybridized carbons (Fsp3) is 0.0741. The largest absolute Gasteiger partial charge is 0.497 e. The lowest BCUT2D eigenvalue weighted by Crippen LogP contribution is -2.16. The molecule has 0 bridgehead atoms. The number of halogens is 1. The summed E-state index contributed by atoms with van der Waals surface area (Å²) in [6, 6.07) is 22.0. The fourth-order valence-corrected chi connectivity index (χ4v) is 5.93. The Morgan fingerprint density at radius 3 is 1.98 bits per heavy atom. The first-order valence-corrected chi connectivity index (χ1v) is 14.9. The number of hydrogen-bond acceptors (Lipinski definition) is 7. The highest BCUT2D eigenvalue weighted by Crippen LogP contribution is 2.31. The summed E-state index contributed by atoms with van der Waals surface area (Å²) in [4.78, 5) is 12.9. The van der Waals surface area contributed by atoms with Gasteiger partial charge < -0.3 is 14.8 Å². The Labute approximate surface area is 237 Å². The highest BCUT2D eigenvalue weighted by atomic mass is 35.5.